The van der Waals surface area contributed by atoms with Crippen molar-refractivity contribution in [3.63, 3.8) is 0 Å². The molecule has 6 aliphatic rings. The van der Waals surface area contributed by atoms with Crippen LogP contribution in [-0.4, -0.2) is 88.5 Å². The van der Waals surface area contributed by atoms with Crippen molar-refractivity contribution in [2.45, 2.75) is 18.8 Å². The molecule has 12 nitrogen and oxygen atoms in total. The number of amides is 4. The van der Waals surface area contributed by atoms with Gasteiger partial charge in [-0.15, -0.1) is 0 Å². The molecule has 0 radical (unpaired) electrons. The molecule has 5 fully saturated rings. The van der Waals surface area contributed by atoms with Crippen LogP contribution in [0.3, 0.4) is 0 Å². The molecule has 3 aromatic rings. The Hall–Kier alpha value is -4.72. The van der Waals surface area contributed by atoms with Gasteiger partial charge < -0.3 is 29.1 Å². The molecule has 6 atom stereocenters. The maximum absolute atomic E-state index is 14.7. The number of phenolic OH excluding ortho intramolecular Hbond substituents is 1. The molecule has 9 rings (SSSR count). The smallest absolute Gasteiger partial charge is 0.238 e. The quantitative estimate of drug-likeness (QED) is 0.272. The van der Waals surface area contributed by atoms with Gasteiger partial charge in [-0.25, -0.2) is 0 Å². The van der Waals surface area contributed by atoms with Gasteiger partial charge in [0.2, 0.25) is 23.6 Å². The lowest BCUT2D eigenvalue weighted by Gasteiger charge is -2.44. The third-order valence-electron chi connectivity index (χ3n) is 12.2. The number of ether oxygens (including phenoxy) is 3. The molecular weight excluding hydrogens is 756 g/mol. The van der Waals surface area contributed by atoms with E-state index in [1.54, 1.807) is 24.3 Å². The summed E-state index contributed by atoms with van der Waals surface area (Å²) in [5, 5.41) is 11.6. The standard InChI is InChI=1S/C41H41BrN4O8/c1-52-33-21-23(42)20-31(37(33)47)34-28-10-11-29-35(40(50)45(38(29)48)26-6-2-24(3-7-26)43-12-16-53-17-13-43)30(28)22-32-36(34)41(51)46(39(32)49)27-8-4-25(5-9-27)44-14-18-54-19-15-44/h2-10,20-21,29-30,32,34-36,47H,11-19,22H2,1H3. The molecule has 4 aliphatic heterocycles. The average molecular weight is 798 g/mol. The summed E-state index contributed by atoms with van der Waals surface area (Å²) in [6.45, 7) is 5.59. The molecule has 13 heteroatoms. The predicted molar refractivity (Wildman–Crippen MR) is 204 cm³/mol. The van der Waals surface area contributed by atoms with Crippen LogP contribution >= 0.6 is 15.9 Å². The summed E-state index contributed by atoms with van der Waals surface area (Å²) in [7, 11) is 1.46. The van der Waals surface area contributed by atoms with Crippen LogP contribution in [-0.2, 0) is 28.7 Å². The topological polar surface area (TPSA) is 129 Å². The first-order valence-electron chi connectivity index (χ1n) is 18.6. The van der Waals surface area contributed by atoms with Gasteiger partial charge >= 0.3 is 0 Å². The number of rotatable bonds is 6. The molecule has 0 spiro atoms. The Bertz CT molecular complexity index is 2040. The number of allylic oxidation sites excluding steroid dienone is 2. The molecule has 2 aliphatic carbocycles. The van der Waals surface area contributed by atoms with E-state index in [1.165, 1.54) is 16.9 Å². The second-order valence-corrected chi connectivity index (χ2v) is 15.7. The van der Waals surface area contributed by atoms with Crippen molar-refractivity contribution in [1.29, 1.82) is 0 Å². The zero-order valence-corrected chi connectivity index (χ0v) is 31.4. The summed E-state index contributed by atoms with van der Waals surface area (Å²) in [5.74, 6) is -5.36. The van der Waals surface area contributed by atoms with Gasteiger partial charge in [-0.2, -0.15) is 0 Å². The highest BCUT2D eigenvalue weighted by atomic mass is 79.9. The molecule has 1 N–H and O–H groups in total. The number of methoxy groups -OCH3 is 1. The summed E-state index contributed by atoms with van der Waals surface area (Å²) < 4.78 is 17.1. The SMILES string of the molecule is COc1cc(Br)cc(C2C3=CCC4C(=O)N(c5ccc(N6CCOCC6)cc5)C(=O)C4C3CC3C(=O)N(c4ccc(N5CCOCC5)cc4)C(=O)C32)c1O. The summed E-state index contributed by atoms with van der Waals surface area (Å²) in [6, 6.07) is 18.4. The predicted octanol–water partition coefficient (Wildman–Crippen LogP) is 4.88. The maximum atomic E-state index is 14.7. The number of hydrogen-bond donors (Lipinski definition) is 1. The van der Waals surface area contributed by atoms with Gasteiger partial charge in [0.25, 0.3) is 0 Å². The monoisotopic (exact) mass is 796 g/mol. The number of hydrogen-bond acceptors (Lipinski definition) is 10. The number of carbonyl (C=O) groups is 4. The van der Waals surface area contributed by atoms with Crippen molar-refractivity contribution in [3.8, 4) is 11.5 Å². The van der Waals surface area contributed by atoms with Crippen LogP contribution in [0, 0.1) is 29.6 Å². The normalized spacial score (nSPS) is 28.2. The van der Waals surface area contributed by atoms with Crippen LogP contribution in [0.1, 0.15) is 24.3 Å². The molecule has 3 aromatic carbocycles. The van der Waals surface area contributed by atoms with E-state index in [1.807, 2.05) is 42.5 Å². The van der Waals surface area contributed by atoms with Crippen molar-refractivity contribution in [2.24, 2.45) is 29.6 Å². The van der Waals surface area contributed by atoms with E-state index >= 15 is 0 Å². The molecular formula is C41H41BrN4O8. The molecule has 0 aromatic heterocycles. The summed E-state index contributed by atoms with van der Waals surface area (Å²) >= 11 is 3.56. The number of nitrogens with zero attached hydrogens (tertiary/aromatic N) is 4. The van der Waals surface area contributed by atoms with Gasteiger partial charge in [-0.05, 0) is 79.4 Å². The zero-order chi connectivity index (χ0) is 37.2. The minimum absolute atomic E-state index is 0.127. The fourth-order valence-corrected chi connectivity index (χ4v) is 10.2. The van der Waals surface area contributed by atoms with Gasteiger partial charge in [-0.3, -0.25) is 29.0 Å². The minimum Gasteiger partial charge on any atom is -0.504 e. The first-order chi connectivity index (χ1) is 26.2. The highest BCUT2D eigenvalue weighted by Crippen LogP contribution is 2.60. The molecule has 4 saturated heterocycles. The highest BCUT2D eigenvalue weighted by Gasteiger charge is 2.62. The van der Waals surface area contributed by atoms with E-state index in [9.17, 15) is 24.3 Å². The second kappa shape index (κ2) is 13.8. The van der Waals surface area contributed by atoms with E-state index in [4.69, 9.17) is 14.2 Å². The van der Waals surface area contributed by atoms with Crippen LogP contribution in [0.2, 0.25) is 0 Å². The number of halogens is 1. The molecule has 1 saturated carbocycles. The van der Waals surface area contributed by atoms with Crippen LogP contribution in [0.25, 0.3) is 0 Å². The molecule has 4 heterocycles. The number of benzene rings is 3. The Morgan fingerprint density at radius 2 is 1.17 bits per heavy atom. The summed E-state index contributed by atoms with van der Waals surface area (Å²) in [5.41, 5.74) is 4.19. The first-order valence-corrected chi connectivity index (χ1v) is 19.4. The molecule has 4 amide bonds. The fourth-order valence-electron chi connectivity index (χ4n) is 9.70. The Labute approximate surface area is 321 Å². The van der Waals surface area contributed by atoms with Gasteiger partial charge in [0, 0.05) is 53.5 Å². The number of anilines is 4. The number of morpholine rings is 2. The van der Waals surface area contributed by atoms with Crippen LogP contribution in [0.5, 0.6) is 11.5 Å². The van der Waals surface area contributed by atoms with Crippen LogP contribution in [0.4, 0.5) is 22.7 Å². The lowest BCUT2D eigenvalue weighted by Crippen LogP contribution is -2.43. The van der Waals surface area contributed by atoms with Crippen LogP contribution < -0.4 is 24.3 Å². The Kier molecular flexibility index (Phi) is 8.98. The van der Waals surface area contributed by atoms with E-state index in [2.05, 4.69) is 25.7 Å². The Balaban J connectivity index is 1.08. The number of imide groups is 2. The van der Waals surface area contributed by atoms with E-state index < -0.39 is 35.5 Å². The van der Waals surface area contributed by atoms with E-state index in [0.717, 1.165) is 43.1 Å². The number of fused-ring (bicyclic) bond motifs is 4. The van der Waals surface area contributed by atoms with Gasteiger partial charge in [-0.1, -0.05) is 27.6 Å². The molecule has 280 valence electrons. The van der Waals surface area contributed by atoms with Crippen molar-refractivity contribution >= 4 is 62.3 Å². The minimum atomic E-state index is -0.837. The Morgan fingerprint density at radius 1 is 0.667 bits per heavy atom. The first kappa shape index (κ1) is 35.0. The van der Waals surface area contributed by atoms with E-state index in [-0.39, 0.29) is 41.5 Å². The summed E-state index contributed by atoms with van der Waals surface area (Å²) in [6.07, 6.45) is 2.52. The van der Waals surface area contributed by atoms with Gasteiger partial charge in [0.15, 0.2) is 11.5 Å². The highest BCUT2D eigenvalue weighted by molar-refractivity contribution is 9.10. The van der Waals surface area contributed by atoms with E-state index in [0.29, 0.717) is 54.3 Å². The maximum Gasteiger partial charge on any atom is 0.238 e. The third kappa shape index (κ3) is 5.62. The Morgan fingerprint density at radius 3 is 1.70 bits per heavy atom. The lowest BCUT2D eigenvalue weighted by atomic mass is 9.57. The molecule has 0 bridgehead atoms. The fraction of sp³-hybridized carbons (Fsp3) is 0.415. The zero-order valence-electron chi connectivity index (χ0n) is 29.9. The number of carbonyl (C=O) groups excluding carboxylic acids is 4. The van der Waals surface area contributed by atoms with Gasteiger partial charge in [0.1, 0.15) is 0 Å². The molecule has 6 unspecified atom stereocenters. The number of phenols is 1. The van der Waals surface area contributed by atoms with Crippen LogP contribution in [0.15, 0.2) is 76.8 Å². The van der Waals surface area contributed by atoms with Crippen molar-refractivity contribution in [2.75, 3.05) is 79.3 Å². The second-order valence-electron chi connectivity index (χ2n) is 14.8. The number of aromatic hydroxyl groups is 1. The van der Waals surface area contributed by atoms with Crippen molar-refractivity contribution in [3.05, 3.63) is 82.3 Å². The third-order valence-corrected chi connectivity index (χ3v) is 12.7. The molecule has 54 heavy (non-hydrogen) atoms. The average Bonchev–Trinajstić information content (AvgIpc) is 3.62. The largest absolute Gasteiger partial charge is 0.504 e. The van der Waals surface area contributed by atoms with Gasteiger partial charge in [0.05, 0.1) is 68.6 Å². The van der Waals surface area contributed by atoms with Crippen molar-refractivity contribution < 1.29 is 38.5 Å². The summed E-state index contributed by atoms with van der Waals surface area (Å²) in [4.78, 5) is 64.8. The lowest BCUT2D eigenvalue weighted by molar-refractivity contribution is -0.126. The van der Waals surface area contributed by atoms with Crippen molar-refractivity contribution in [1.82, 2.24) is 0 Å².